The van der Waals surface area contributed by atoms with Crippen molar-refractivity contribution in [2.24, 2.45) is 0 Å². The molecule has 1 N–H and O–H groups in total. The van der Waals surface area contributed by atoms with E-state index in [1.54, 1.807) is 0 Å². The number of nitrogens with zero attached hydrogens (tertiary/aromatic N) is 2. The molecule has 0 fully saturated rings. The van der Waals surface area contributed by atoms with Crippen molar-refractivity contribution in [3.05, 3.63) is 95.1 Å². The Kier molecular flexibility index (Phi) is 4.70. The highest BCUT2D eigenvalue weighted by molar-refractivity contribution is 5.84. The van der Waals surface area contributed by atoms with Gasteiger partial charge in [-0.05, 0) is 62.4 Å². The molecule has 0 atom stereocenters. The number of hydrogen-bond acceptors (Lipinski definition) is 2. The summed E-state index contributed by atoms with van der Waals surface area (Å²) in [4.78, 5) is 5.18. The third kappa shape index (κ3) is 3.44. The fourth-order valence-corrected chi connectivity index (χ4v) is 4.58. The van der Waals surface area contributed by atoms with Gasteiger partial charge in [0.1, 0.15) is 0 Å². The van der Waals surface area contributed by atoms with E-state index in [-0.39, 0.29) is 5.54 Å². The Labute approximate surface area is 184 Å². The largest absolute Gasteiger partial charge is 0.347 e. The molecule has 1 aliphatic heterocycles. The average Bonchev–Trinajstić information content (AvgIpc) is 3.14. The molecule has 0 amide bonds. The molecule has 156 valence electrons. The molecule has 5 rings (SSSR count). The minimum Gasteiger partial charge on any atom is -0.347 e. The van der Waals surface area contributed by atoms with Crippen LogP contribution in [0.1, 0.15) is 36.1 Å². The molecule has 0 bridgehead atoms. The summed E-state index contributed by atoms with van der Waals surface area (Å²) in [6, 6.07) is 25.9. The van der Waals surface area contributed by atoms with Crippen molar-refractivity contribution in [3.63, 3.8) is 0 Å². The van der Waals surface area contributed by atoms with Crippen LogP contribution in [-0.4, -0.2) is 9.55 Å². The van der Waals surface area contributed by atoms with E-state index in [4.69, 9.17) is 4.98 Å². The molecule has 0 radical (unpaired) electrons. The third-order valence-corrected chi connectivity index (χ3v) is 6.51. The van der Waals surface area contributed by atoms with Gasteiger partial charge >= 0.3 is 0 Å². The topological polar surface area (TPSA) is 29.9 Å². The number of imidazole rings is 1. The molecule has 31 heavy (non-hydrogen) atoms. The zero-order valence-electron chi connectivity index (χ0n) is 18.7. The molecule has 3 nitrogen and oxygen atoms in total. The number of benzene rings is 3. The number of hydrogen-bond donors (Lipinski definition) is 1. The van der Waals surface area contributed by atoms with Crippen LogP contribution in [0.2, 0.25) is 0 Å². The molecule has 1 aliphatic rings. The van der Waals surface area contributed by atoms with Crippen molar-refractivity contribution in [1.29, 1.82) is 0 Å². The van der Waals surface area contributed by atoms with E-state index in [9.17, 15) is 0 Å². The number of anilines is 1. The quantitative estimate of drug-likeness (QED) is 0.406. The number of aromatic nitrogens is 2. The molecule has 0 saturated heterocycles. The Morgan fingerprint density at radius 3 is 2.23 bits per heavy atom. The molecule has 0 unspecified atom stereocenters. The van der Waals surface area contributed by atoms with Crippen LogP contribution >= 0.6 is 0 Å². The number of fused-ring (bicyclic) bond motifs is 3. The van der Waals surface area contributed by atoms with E-state index < -0.39 is 0 Å². The highest BCUT2D eigenvalue weighted by atomic mass is 15.2. The van der Waals surface area contributed by atoms with Gasteiger partial charge in [-0.3, -0.25) is 0 Å². The normalized spacial score (nSPS) is 12.9. The molecule has 4 aromatic rings. The highest BCUT2D eigenvalue weighted by Crippen LogP contribution is 2.41. The second-order valence-corrected chi connectivity index (χ2v) is 9.11. The van der Waals surface area contributed by atoms with Gasteiger partial charge in [-0.2, -0.15) is 0 Å². The fourth-order valence-electron chi connectivity index (χ4n) is 4.58. The first-order chi connectivity index (χ1) is 14.9. The summed E-state index contributed by atoms with van der Waals surface area (Å²) in [5.41, 5.74) is 9.86. The molecule has 0 saturated carbocycles. The summed E-state index contributed by atoms with van der Waals surface area (Å²) in [5.74, 6) is 0.937. The Morgan fingerprint density at radius 2 is 1.52 bits per heavy atom. The van der Waals surface area contributed by atoms with Crippen LogP contribution in [0.15, 0.2) is 72.8 Å². The maximum absolute atomic E-state index is 5.18. The Morgan fingerprint density at radius 1 is 0.871 bits per heavy atom. The summed E-state index contributed by atoms with van der Waals surface area (Å²) in [5, 5.41) is 3.76. The lowest BCUT2D eigenvalue weighted by molar-refractivity contribution is 0.584. The lowest BCUT2D eigenvalue weighted by Crippen LogP contribution is -2.30. The SMILES string of the molecule is Cc1cc2c(cc1C)-c1c(-c3ccccc3)nc(NC(C)(C)c3ccccc3)n1CC2. The van der Waals surface area contributed by atoms with Gasteiger partial charge in [0, 0.05) is 17.7 Å². The van der Waals surface area contributed by atoms with E-state index in [0.717, 1.165) is 30.2 Å². The van der Waals surface area contributed by atoms with Gasteiger partial charge in [0.25, 0.3) is 0 Å². The van der Waals surface area contributed by atoms with Crippen molar-refractivity contribution >= 4 is 5.95 Å². The average molecular weight is 408 g/mol. The molecule has 0 spiro atoms. The predicted octanol–water partition coefficient (Wildman–Crippen LogP) is 6.74. The zero-order chi connectivity index (χ0) is 21.6. The van der Waals surface area contributed by atoms with Crippen LogP contribution in [0.5, 0.6) is 0 Å². The number of nitrogens with one attached hydrogen (secondary N) is 1. The first-order valence-corrected chi connectivity index (χ1v) is 11.0. The first kappa shape index (κ1) is 19.6. The standard InChI is InChI=1S/C28H29N3/c1-19-17-22-15-16-31-26(24(22)18-20(19)2)25(21-11-7-5-8-12-21)29-27(31)30-28(3,4)23-13-9-6-10-14-23/h5-14,17-18H,15-16H2,1-4H3,(H,29,30). The van der Waals surface area contributed by atoms with Gasteiger partial charge in [-0.1, -0.05) is 66.7 Å². The summed E-state index contributed by atoms with van der Waals surface area (Å²) >= 11 is 0. The monoisotopic (exact) mass is 407 g/mol. The first-order valence-electron chi connectivity index (χ1n) is 11.0. The lowest BCUT2D eigenvalue weighted by atomic mass is 9.91. The second-order valence-electron chi connectivity index (χ2n) is 9.11. The van der Waals surface area contributed by atoms with Crippen molar-refractivity contribution in [1.82, 2.24) is 9.55 Å². The summed E-state index contributed by atoms with van der Waals surface area (Å²) in [6.45, 7) is 9.77. The summed E-state index contributed by atoms with van der Waals surface area (Å²) in [6.07, 6.45) is 1.02. The lowest BCUT2D eigenvalue weighted by Gasteiger charge is -2.29. The van der Waals surface area contributed by atoms with E-state index in [1.165, 1.54) is 33.5 Å². The van der Waals surface area contributed by atoms with Crippen molar-refractivity contribution < 1.29 is 0 Å². The van der Waals surface area contributed by atoms with Crippen molar-refractivity contribution in [2.75, 3.05) is 5.32 Å². The van der Waals surface area contributed by atoms with Crippen LogP contribution in [0, 0.1) is 13.8 Å². The minimum absolute atomic E-state index is 0.235. The molecule has 0 aliphatic carbocycles. The minimum atomic E-state index is -0.235. The van der Waals surface area contributed by atoms with E-state index in [1.807, 2.05) is 0 Å². The van der Waals surface area contributed by atoms with Gasteiger partial charge in [0.05, 0.1) is 16.9 Å². The van der Waals surface area contributed by atoms with Gasteiger partial charge in [0.15, 0.2) is 0 Å². The molecule has 3 heteroatoms. The molecule has 2 heterocycles. The van der Waals surface area contributed by atoms with Crippen LogP contribution in [-0.2, 0) is 18.5 Å². The van der Waals surface area contributed by atoms with E-state index in [2.05, 4.69) is 110 Å². The second kappa shape index (κ2) is 7.42. The van der Waals surface area contributed by atoms with Crippen LogP contribution < -0.4 is 5.32 Å². The van der Waals surface area contributed by atoms with Crippen LogP contribution in [0.3, 0.4) is 0 Å². The zero-order valence-corrected chi connectivity index (χ0v) is 18.7. The van der Waals surface area contributed by atoms with Crippen molar-refractivity contribution in [2.45, 2.75) is 46.2 Å². The Balaban J connectivity index is 1.69. The molecular weight excluding hydrogens is 378 g/mol. The Hall–Kier alpha value is -3.33. The van der Waals surface area contributed by atoms with E-state index in [0.29, 0.717) is 0 Å². The smallest absolute Gasteiger partial charge is 0.204 e. The molecule has 3 aromatic carbocycles. The van der Waals surface area contributed by atoms with Gasteiger partial charge in [0.2, 0.25) is 5.95 Å². The summed E-state index contributed by atoms with van der Waals surface area (Å²) < 4.78 is 2.38. The fraction of sp³-hybridized carbons (Fsp3) is 0.250. The van der Waals surface area contributed by atoms with Gasteiger partial charge < -0.3 is 9.88 Å². The van der Waals surface area contributed by atoms with Gasteiger partial charge in [-0.25, -0.2) is 4.98 Å². The molecular formula is C28H29N3. The van der Waals surface area contributed by atoms with Crippen molar-refractivity contribution in [3.8, 4) is 22.5 Å². The van der Waals surface area contributed by atoms with Crippen LogP contribution in [0.25, 0.3) is 22.5 Å². The third-order valence-electron chi connectivity index (χ3n) is 6.51. The van der Waals surface area contributed by atoms with Gasteiger partial charge in [-0.15, -0.1) is 0 Å². The number of rotatable bonds is 4. The molecule has 1 aromatic heterocycles. The number of aryl methyl sites for hydroxylation is 3. The maximum atomic E-state index is 5.18. The van der Waals surface area contributed by atoms with Crippen LogP contribution in [0.4, 0.5) is 5.95 Å². The van der Waals surface area contributed by atoms with E-state index >= 15 is 0 Å². The summed E-state index contributed by atoms with van der Waals surface area (Å²) in [7, 11) is 0. The maximum Gasteiger partial charge on any atom is 0.204 e. The highest BCUT2D eigenvalue weighted by Gasteiger charge is 2.29. The predicted molar refractivity (Wildman–Crippen MR) is 129 cm³/mol. The Bertz CT molecular complexity index is 1230.